The Kier molecular flexibility index (Phi) is 4.98. The zero-order chi connectivity index (χ0) is 14.5. The number of hydrogen-bond acceptors (Lipinski definition) is 6. The second-order valence-electron chi connectivity index (χ2n) is 5.60. The van der Waals surface area contributed by atoms with E-state index >= 15 is 0 Å². The molecule has 1 aromatic rings. The number of nitrogens with one attached hydrogen (secondary N) is 1. The van der Waals surface area contributed by atoms with Crippen LogP contribution in [0, 0.1) is 5.92 Å². The van der Waals surface area contributed by atoms with Crippen LogP contribution in [-0.2, 0) is 0 Å². The minimum Gasteiger partial charge on any atom is -0.357 e. The molecule has 1 atom stereocenters. The van der Waals surface area contributed by atoms with Gasteiger partial charge in [0.05, 0.1) is 0 Å². The SMILES string of the molecule is CCC1CCCN(c2nc(NC)nc(N(C)C)n2)CC1. The molecule has 112 valence electrons. The van der Waals surface area contributed by atoms with E-state index in [1.807, 2.05) is 26.0 Å². The number of rotatable bonds is 4. The van der Waals surface area contributed by atoms with Crippen LogP contribution in [0.4, 0.5) is 17.8 Å². The fourth-order valence-electron chi connectivity index (χ4n) is 2.58. The molecular formula is C14H26N6. The first kappa shape index (κ1) is 14.8. The molecule has 2 rings (SSSR count). The molecule has 1 saturated heterocycles. The number of anilines is 3. The molecular weight excluding hydrogens is 252 g/mol. The standard InChI is InChI=1S/C14H26N6/c1-5-11-7-6-9-20(10-8-11)14-17-12(15-2)16-13(18-14)19(3)4/h11H,5-10H2,1-4H3,(H,15,16,17,18). The summed E-state index contributed by atoms with van der Waals surface area (Å²) in [6, 6.07) is 0. The van der Waals surface area contributed by atoms with Crippen LogP contribution in [0.1, 0.15) is 32.6 Å². The zero-order valence-electron chi connectivity index (χ0n) is 13.1. The molecule has 1 fully saturated rings. The second kappa shape index (κ2) is 6.72. The Bertz CT molecular complexity index is 434. The highest BCUT2D eigenvalue weighted by atomic mass is 15.3. The number of nitrogens with zero attached hydrogens (tertiary/aromatic N) is 5. The van der Waals surface area contributed by atoms with E-state index < -0.39 is 0 Å². The molecule has 1 unspecified atom stereocenters. The third-order valence-corrected chi connectivity index (χ3v) is 3.94. The van der Waals surface area contributed by atoms with E-state index in [2.05, 4.69) is 32.1 Å². The van der Waals surface area contributed by atoms with Gasteiger partial charge in [-0.05, 0) is 25.2 Å². The summed E-state index contributed by atoms with van der Waals surface area (Å²) in [4.78, 5) is 17.7. The van der Waals surface area contributed by atoms with Gasteiger partial charge >= 0.3 is 0 Å². The maximum absolute atomic E-state index is 4.59. The first-order valence-electron chi connectivity index (χ1n) is 7.50. The van der Waals surface area contributed by atoms with E-state index in [0.29, 0.717) is 11.9 Å². The predicted molar refractivity (Wildman–Crippen MR) is 83.5 cm³/mol. The summed E-state index contributed by atoms with van der Waals surface area (Å²) in [5.41, 5.74) is 0. The molecule has 6 nitrogen and oxygen atoms in total. The van der Waals surface area contributed by atoms with Gasteiger partial charge in [0.25, 0.3) is 0 Å². The monoisotopic (exact) mass is 278 g/mol. The molecule has 0 radical (unpaired) electrons. The summed E-state index contributed by atoms with van der Waals surface area (Å²) >= 11 is 0. The smallest absolute Gasteiger partial charge is 0.231 e. The largest absolute Gasteiger partial charge is 0.357 e. The van der Waals surface area contributed by atoms with Gasteiger partial charge < -0.3 is 15.1 Å². The van der Waals surface area contributed by atoms with Gasteiger partial charge in [-0.3, -0.25) is 0 Å². The second-order valence-corrected chi connectivity index (χ2v) is 5.60. The molecule has 6 heteroatoms. The third kappa shape index (κ3) is 3.49. The number of aromatic nitrogens is 3. The van der Waals surface area contributed by atoms with Crippen molar-refractivity contribution in [3.05, 3.63) is 0 Å². The van der Waals surface area contributed by atoms with Gasteiger partial charge in [0.15, 0.2) is 0 Å². The van der Waals surface area contributed by atoms with Crippen LogP contribution >= 0.6 is 0 Å². The van der Waals surface area contributed by atoms with Crippen molar-refractivity contribution in [1.82, 2.24) is 15.0 Å². The Balaban J connectivity index is 2.20. The Morgan fingerprint density at radius 1 is 1.20 bits per heavy atom. The highest BCUT2D eigenvalue weighted by Gasteiger charge is 2.19. The van der Waals surface area contributed by atoms with Crippen LogP contribution in [0.3, 0.4) is 0 Å². The maximum Gasteiger partial charge on any atom is 0.231 e. The average molecular weight is 278 g/mol. The molecule has 1 aromatic heterocycles. The van der Waals surface area contributed by atoms with Crippen molar-refractivity contribution in [2.24, 2.45) is 5.92 Å². The van der Waals surface area contributed by atoms with E-state index in [0.717, 1.165) is 25.0 Å². The Labute approximate surface area is 121 Å². The molecule has 0 aromatic carbocycles. The minimum absolute atomic E-state index is 0.634. The lowest BCUT2D eigenvalue weighted by Gasteiger charge is -2.22. The Morgan fingerprint density at radius 2 is 2.00 bits per heavy atom. The fourth-order valence-corrected chi connectivity index (χ4v) is 2.58. The van der Waals surface area contributed by atoms with Crippen LogP contribution < -0.4 is 15.1 Å². The average Bonchev–Trinajstić information content (AvgIpc) is 2.72. The van der Waals surface area contributed by atoms with Crippen LogP contribution in [-0.4, -0.2) is 49.2 Å². The lowest BCUT2D eigenvalue weighted by Crippen LogP contribution is -2.28. The quantitative estimate of drug-likeness (QED) is 0.909. The summed E-state index contributed by atoms with van der Waals surface area (Å²) < 4.78 is 0. The topological polar surface area (TPSA) is 57.2 Å². The minimum atomic E-state index is 0.634. The van der Waals surface area contributed by atoms with Gasteiger partial charge in [0.2, 0.25) is 17.8 Å². The normalized spacial score (nSPS) is 19.6. The molecule has 1 aliphatic heterocycles. The molecule has 0 amide bonds. The summed E-state index contributed by atoms with van der Waals surface area (Å²) in [5, 5.41) is 3.02. The van der Waals surface area contributed by atoms with Crippen LogP contribution in [0.25, 0.3) is 0 Å². The third-order valence-electron chi connectivity index (χ3n) is 3.94. The fraction of sp³-hybridized carbons (Fsp3) is 0.786. The van der Waals surface area contributed by atoms with Gasteiger partial charge in [0, 0.05) is 34.2 Å². The molecule has 0 spiro atoms. The highest BCUT2D eigenvalue weighted by molar-refractivity contribution is 5.44. The van der Waals surface area contributed by atoms with Crippen molar-refractivity contribution in [2.75, 3.05) is 49.3 Å². The molecule has 20 heavy (non-hydrogen) atoms. The van der Waals surface area contributed by atoms with E-state index in [4.69, 9.17) is 0 Å². The van der Waals surface area contributed by atoms with Crippen molar-refractivity contribution in [3.8, 4) is 0 Å². The van der Waals surface area contributed by atoms with Crippen molar-refractivity contribution >= 4 is 17.8 Å². The van der Waals surface area contributed by atoms with Crippen molar-refractivity contribution < 1.29 is 0 Å². The zero-order valence-corrected chi connectivity index (χ0v) is 13.1. The van der Waals surface area contributed by atoms with Gasteiger partial charge in [-0.2, -0.15) is 15.0 Å². The lowest BCUT2D eigenvalue weighted by molar-refractivity contribution is 0.459. The molecule has 2 heterocycles. The van der Waals surface area contributed by atoms with Crippen molar-refractivity contribution in [2.45, 2.75) is 32.6 Å². The van der Waals surface area contributed by atoms with Gasteiger partial charge in [-0.1, -0.05) is 13.3 Å². The molecule has 0 bridgehead atoms. The maximum atomic E-state index is 4.59. The summed E-state index contributed by atoms with van der Waals surface area (Å²) in [7, 11) is 5.75. The van der Waals surface area contributed by atoms with E-state index in [9.17, 15) is 0 Å². The highest BCUT2D eigenvalue weighted by Crippen LogP contribution is 2.23. The summed E-state index contributed by atoms with van der Waals surface area (Å²) in [6.45, 7) is 4.36. The van der Waals surface area contributed by atoms with Crippen LogP contribution in [0.15, 0.2) is 0 Å². The van der Waals surface area contributed by atoms with Gasteiger partial charge in [-0.25, -0.2) is 0 Å². The first-order chi connectivity index (χ1) is 9.63. The van der Waals surface area contributed by atoms with Crippen LogP contribution in [0.5, 0.6) is 0 Å². The van der Waals surface area contributed by atoms with Gasteiger partial charge in [0.1, 0.15) is 0 Å². The van der Waals surface area contributed by atoms with Crippen molar-refractivity contribution in [1.29, 1.82) is 0 Å². The summed E-state index contributed by atoms with van der Waals surface area (Å²) in [5.74, 6) is 2.98. The van der Waals surface area contributed by atoms with E-state index in [-0.39, 0.29) is 0 Å². The lowest BCUT2D eigenvalue weighted by atomic mass is 9.98. The van der Waals surface area contributed by atoms with Crippen LogP contribution in [0.2, 0.25) is 0 Å². The number of hydrogen-bond donors (Lipinski definition) is 1. The van der Waals surface area contributed by atoms with Gasteiger partial charge in [-0.15, -0.1) is 0 Å². The van der Waals surface area contributed by atoms with Crippen molar-refractivity contribution in [3.63, 3.8) is 0 Å². The Morgan fingerprint density at radius 3 is 2.65 bits per heavy atom. The van der Waals surface area contributed by atoms with E-state index in [1.165, 1.54) is 25.7 Å². The molecule has 0 aliphatic carbocycles. The first-order valence-corrected chi connectivity index (χ1v) is 7.50. The molecule has 1 aliphatic rings. The van der Waals surface area contributed by atoms with E-state index in [1.54, 1.807) is 0 Å². The Hall–Kier alpha value is -1.59. The molecule has 1 N–H and O–H groups in total. The predicted octanol–water partition coefficient (Wildman–Crippen LogP) is 2.00. The summed E-state index contributed by atoms with van der Waals surface area (Å²) in [6.07, 6.45) is 5.04. The molecule has 0 saturated carbocycles.